The Morgan fingerprint density at radius 3 is 2.62 bits per heavy atom. The lowest BCUT2D eigenvalue weighted by atomic mass is 9.93. The van der Waals surface area contributed by atoms with E-state index in [9.17, 15) is 13.4 Å². The fraction of sp³-hybridized carbons (Fsp3) is 0.519. The molecule has 10 heteroatoms. The summed E-state index contributed by atoms with van der Waals surface area (Å²) in [6, 6.07) is 7.93. The van der Waals surface area contributed by atoms with Gasteiger partial charge in [0.05, 0.1) is 33.7 Å². The van der Waals surface area contributed by atoms with Gasteiger partial charge in [-0.25, -0.2) is 13.6 Å². The predicted octanol–water partition coefficient (Wildman–Crippen LogP) is 4.22. The molecule has 3 heterocycles. The van der Waals surface area contributed by atoms with E-state index in [1.807, 2.05) is 26.0 Å². The molecule has 0 radical (unpaired) electrons. The highest BCUT2D eigenvalue weighted by atomic mass is 32.2. The van der Waals surface area contributed by atoms with Crippen molar-refractivity contribution in [2.45, 2.75) is 45.6 Å². The van der Waals surface area contributed by atoms with Gasteiger partial charge < -0.3 is 24.6 Å². The van der Waals surface area contributed by atoms with Gasteiger partial charge in [-0.3, -0.25) is 4.79 Å². The van der Waals surface area contributed by atoms with E-state index in [1.54, 1.807) is 18.2 Å². The molecule has 1 amide bonds. The van der Waals surface area contributed by atoms with Gasteiger partial charge in [-0.15, -0.1) is 0 Å². The van der Waals surface area contributed by atoms with E-state index in [2.05, 4.69) is 25.7 Å². The van der Waals surface area contributed by atoms with Crippen molar-refractivity contribution in [3.05, 3.63) is 41.5 Å². The van der Waals surface area contributed by atoms with Gasteiger partial charge in [-0.05, 0) is 86.7 Å². The molecule has 2 aromatic rings. The molecule has 1 aromatic carbocycles. The predicted molar refractivity (Wildman–Crippen MR) is 149 cm³/mol. The van der Waals surface area contributed by atoms with Crippen LogP contribution in [0.3, 0.4) is 0 Å². The largest absolute Gasteiger partial charge is 0.375 e. The summed E-state index contributed by atoms with van der Waals surface area (Å²) in [6.45, 7) is 7.84. The van der Waals surface area contributed by atoms with E-state index < -0.39 is 15.7 Å². The third kappa shape index (κ3) is 6.01. The lowest BCUT2D eigenvalue weighted by Gasteiger charge is -2.35. The van der Waals surface area contributed by atoms with Crippen LogP contribution >= 0.6 is 0 Å². The zero-order chi connectivity index (χ0) is 26.2. The van der Waals surface area contributed by atoms with Gasteiger partial charge in [0.15, 0.2) is 6.01 Å². The van der Waals surface area contributed by atoms with Crippen LogP contribution in [0.2, 0.25) is 0 Å². The number of aromatic nitrogens is 1. The molecule has 1 spiro atoms. The van der Waals surface area contributed by atoms with Crippen molar-refractivity contribution in [1.29, 1.82) is 0 Å². The number of morpholine rings is 1. The number of pyridine rings is 1. The number of amides is 1. The summed E-state index contributed by atoms with van der Waals surface area (Å²) in [6.07, 6.45) is 4.85. The molecular formula is C27H36FN5O3S. The SMILES string of the molecule is C=S(=O)(CF)Nc1ccc(C(=O)Nc2cc(C)cc(N3CCO[C@H](C)C3)n2)c(N2CCC3(CC2)CC3)c1. The quantitative estimate of drug-likeness (QED) is 0.523. The molecule has 8 nitrogen and oxygen atoms in total. The topological polar surface area (TPSA) is 86.8 Å². The number of halogens is 1. The van der Waals surface area contributed by atoms with Crippen molar-refractivity contribution in [1.82, 2.24) is 4.98 Å². The molecule has 1 aromatic heterocycles. The summed E-state index contributed by atoms with van der Waals surface area (Å²) in [5, 5.41) is 2.99. The van der Waals surface area contributed by atoms with Crippen LogP contribution in [-0.2, 0) is 14.4 Å². The maximum atomic E-state index is 13.6. The molecule has 5 rings (SSSR count). The standard InChI is InChI=1S/C27H36FN5O3S/c1-19-14-24(29-25(15-19)33-12-13-36-20(2)17-33)30-26(34)22-5-4-21(31-37(3,35)18-28)16-23(22)32-10-8-27(6-7-27)9-11-32/h4-5,14-16,20H,3,6-13,17-18H2,1-2H3,(H,31,35)(H,29,30,34)/t20-,37?/m1/s1. The highest BCUT2D eigenvalue weighted by Crippen LogP contribution is 2.54. The molecule has 3 fully saturated rings. The smallest absolute Gasteiger partial charge is 0.258 e. The molecule has 2 atom stereocenters. The number of carbonyl (C=O) groups is 1. The lowest BCUT2D eigenvalue weighted by Crippen LogP contribution is -2.41. The van der Waals surface area contributed by atoms with Crippen molar-refractivity contribution in [3.63, 3.8) is 0 Å². The van der Waals surface area contributed by atoms with Crippen molar-refractivity contribution < 1.29 is 18.1 Å². The summed E-state index contributed by atoms with van der Waals surface area (Å²) < 4.78 is 33.8. The van der Waals surface area contributed by atoms with Crippen LogP contribution in [0, 0.1) is 12.3 Å². The fourth-order valence-electron chi connectivity index (χ4n) is 5.27. The van der Waals surface area contributed by atoms with Crippen LogP contribution < -0.4 is 19.8 Å². The number of aryl methyl sites for hydroxylation is 1. The van der Waals surface area contributed by atoms with Gasteiger partial charge in [0.2, 0.25) is 0 Å². The summed E-state index contributed by atoms with van der Waals surface area (Å²) in [5.41, 5.74) is 3.19. The molecule has 3 aliphatic rings. The van der Waals surface area contributed by atoms with Crippen molar-refractivity contribution in [2.75, 3.05) is 58.6 Å². The number of nitrogens with one attached hydrogen (secondary N) is 2. The first-order valence-electron chi connectivity index (χ1n) is 12.9. The zero-order valence-electron chi connectivity index (χ0n) is 21.6. The maximum Gasteiger partial charge on any atom is 0.258 e. The highest BCUT2D eigenvalue weighted by molar-refractivity contribution is 8.01. The van der Waals surface area contributed by atoms with Gasteiger partial charge >= 0.3 is 0 Å². The minimum Gasteiger partial charge on any atom is -0.375 e. The van der Waals surface area contributed by atoms with Crippen LogP contribution in [0.1, 0.15) is 48.5 Å². The van der Waals surface area contributed by atoms with E-state index in [0.717, 1.165) is 56.1 Å². The second-order valence-corrected chi connectivity index (χ2v) is 12.8. The molecule has 37 heavy (non-hydrogen) atoms. The monoisotopic (exact) mass is 529 g/mol. The van der Waals surface area contributed by atoms with Crippen molar-refractivity contribution in [2.24, 2.45) is 5.41 Å². The van der Waals surface area contributed by atoms with Gasteiger partial charge in [0, 0.05) is 31.9 Å². The zero-order valence-corrected chi connectivity index (χ0v) is 22.4. The number of hydrogen-bond donors (Lipinski definition) is 2. The molecular weight excluding hydrogens is 493 g/mol. The Morgan fingerprint density at radius 1 is 1.19 bits per heavy atom. The molecule has 200 valence electrons. The number of ether oxygens (including phenoxy) is 1. The Balaban J connectivity index is 1.41. The van der Waals surface area contributed by atoms with Gasteiger partial charge in [-0.2, -0.15) is 0 Å². The van der Waals surface area contributed by atoms with E-state index in [-0.39, 0.29) is 12.0 Å². The summed E-state index contributed by atoms with van der Waals surface area (Å²) >= 11 is 0. The number of benzene rings is 1. The maximum absolute atomic E-state index is 13.6. The summed E-state index contributed by atoms with van der Waals surface area (Å²) in [5.74, 6) is 4.48. The Labute approximate surface area is 218 Å². The number of nitrogens with zero attached hydrogens (tertiary/aromatic N) is 3. The van der Waals surface area contributed by atoms with E-state index in [0.29, 0.717) is 29.1 Å². The summed E-state index contributed by atoms with van der Waals surface area (Å²) in [7, 11) is -3.09. The number of hydrogen-bond acceptors (Lipinski definition) is 6. The van der Waals surface area contributed by atoms with Gasteiger partial charge in [0.1, 0.15) is 11.6 Å². The minimum atomic E-state index is -3.09. The third-order valence-electron chi connectivity index (χ3n) is 7.61. The lowest BCUT2D eigenvalue weighted by molar-refractivity contribution is 0.0529. The number of anilines is 4. The first-order chi connectivity index (χ1) is 17.7. The normalized spacial score (nSPS) is 22.4. The van der Waals surface area contributed by atoms with Crippen LogP contribution in [-0.4, -0.2) is 65.9 Å². The molecule has 0 bridgehead atoms. The van der Waals surface area contributed by atoms with Gasteiger partial charge in [-0.1, -0.05) is 0 Å². The average Bonchev–Trinajstić information content (AvgIpc) is 3.62. The molecule has 2 aliphatic heterocycles. The van der Waals surface area contributed by atoms with Crippen LogP contribution in [0.15, 0.2) is 30.3 Å². The average molecular weight is 530 g/mol. The number of carbonyl (C=O) groups excluding carboxylic acids is 1. The van der Waals surface area contributed by atoms with Crippen molar-refractivity contribution in [3.8, 4) is 0 Å². The number of alkyl halides is 1. The first kappa shape index (κ1) is 25.8. The van der Waals surface area contributed by atoms with Gasteiger partial charge in [0.25, 0.3) is 5.91 Å². The van der Waals surface area contributed by atoms with Crippen molar-refractivity contribution >= 4 is 44.5 Å². The highest BCUT2D eigenvalue weighted by Gasteiger charge is 2.44. The Hall–Kier alpha value is -2.85. The summed E-state index contributed by atoms with van der Waals surface area (Å²) in [4.78, 5) is 22.7. The molecule has 2 saturated heterocycles. The third-order valence-corrected chi connectivity index (χ3v) is 8.57. The van der Waals surface area contributed by atoms with Crippen LogP contribution in [0.5, 0.6) is 0 Å². The van der Waals surface area contributed by atoms with E-state index in [4.69, 9.17) is 9.72 Å². The Morgan fingerprint density at radius 2 is 1.95 bits per heavy atom. The second kappa shape index (κ2) is 10.1. The van der Waals surface area contributed by atoms with E-state index in [1.165, 1.54) is 12.8 Å². The number of rotatable bonds is 7. The molecule has 1 saturated carbocycles. The molecule has 2 N–H and O–H groups in total. The first-order valence-corrected chi connectivity index (χ1v) is 14.8. The fourth-order valence-corrected chi connectivity index (χ4v) is 5.89. The Bertz CT molecular complexity index is 1270. The Kier molecular flexibility index (Phi) is 7.06. The van der Waals surface area contributed by atoms with Crippen LogP contribution in [0.25, 0.3) is 0 Å². The van der Waals surface area contributed by atoms with E-state index >= 15 is 0 Å². The molecule has 1 unspecified atom stereocenters. The van der Waals surface area contributed by atoms with Crippen LogP contribution in [0.4, 0.5) is 27.4 Å². The number of piperidine rings is 1. The second-order valence-electron chi connectivity index (χ2n) is 10.7. The minimum absolute atomic E-state index is 0.119. The molecule has 1 aliphatic carbocycles.